The van der Waals surface area contributed by atoms with Crippen LogP contribution in [0.2, 0.25) is 0 Å². The second-order valence-electron chi connectivity index (χ2n) is 6.70. The van der Waals surface area contributed by atoms with Crippen molar-refractivity contribution in [1.29, 1.82) is 0 Å². The first-order chi connectivity index (χ1) is 13.3. The van der Waals surface area contributed by atoms with E-state index in [1.165, 1.54) is 10.9 Å². The van der Waals surface area contributed by atoms with Gasteiger partial charge in [0.25, 0.3) is 0 Å². The van der Waals surface area contributed by atoms with Crippen LogP contribution in [0.5, 0.6) is 5.88 Å². The molecular formula is C18H29N7O2. The smallest absolute Gasteiger partial charge is 0.367 e. The summed E-state index contributed by atoms with van der Waals surface area (Å²) in [4.78, 5) is 24.9. The summed E-state index contributed by atoms with van der Waals surface area (Å²) in [5, 5.41) is 7.29. The third kappa shape index (κ3) is 5.78. The van der Waals surface area contributed by atoms with Gasteiger partial charge in [0.2, 0.25) is 5.88 Å². The molecule has 0 aromatic carbocycles. The number of nitrogens with zero attached hydrogens (tertiary/aromatic N) is 6. The lowest BCUT2D eigenvalue weighted by Crippen LogP contribution is -2.52. The predicted molar refractivity (Wildman–Crippen MR) is 104 cm³/mol. The standard InChI is InChI=1S/C18H29N7O2/c1-2-8-25-18(26)22-16(15-21-25)27-14-4-3-9-23-10-12-24(13-11-23)17-19-6-5-7-20-17/h5-6,15H,2-4,7-14H2,1H3,(H,19,20). The first-order valence-electron chi connectivity index (χ1n) is 9.76. The van der Waals surface area contributed by atoms with E-state index in [1.807, 2.05) is 19.2 Å². The second kappa shape index (κ2) is 10.1. The molecule has 9 nitrogen and oxygen atoms in total. The maximum atomic E-state index is 11.7. The number of aryl methyl sites for hydroxylation is 1. The lowest BCUT2D eigenvalue weighted by Gasteiger charge is -2.36. The van der Waals surface area contributed by atoms with Crippen LogP contribution in [0.3, 0.4) is 0 Å². The van der Waals surface area contributed by atoms with Crippen LogP contribution in [-0.2, 0) is 6.54 Å². The molecule has 9 heteroatoms. The van der Waals surface area contributed by atoms with Gasteiger partial charge in [-0.1, -0.05) is 6.92 Å². The SMILES string of the molecule is CCCn1ncc(OCCCCN2CCN(C3=NCC=CN3)CC2)nc1=O. The summed E-state index contributed by atoms with van der Waals surface area (Å²) < 4.78 is 6.92. The normalized spacial score (nSPS) is 17.5. The van der Waals surface area contributed by atoms with E-state index >= 15 is 0 Å². The molecule has 0 radical (unpaired) electrons. The number of aliphatic imine (C=N–C) groups is 1. The zero-order valence-corrected chi connectivity index (χ0v) is 16.0. The molecule has 1 aromatic heterocycles. The summed E-state index contributed by atoms with van der Waals surface area (Å²) in [5.41, 5.74) is -0.347. The molecule has 0 aliphatic carbocycles. The maximum Gasteiger partial charge on any atom is 0.367 e. The second-order valence-corrected chi connectivity index (χ2v) is 6.70. The number of ether oxygens (including phenoxy) is 1. The molecule has 0 spiro atoms. The minimum absolute atomic E-state index is 0.316. The van der Waals surface area contributed by atoms with Crippen LogP contribution in [0, 0.1) is 0 Å². The van der Waals surface area contributed by atoms with Gasteiger partial charge in [-0.2, -0.15) is 10.1 Å². The molecule has 0 bridgehead atoms. The fourth-order valence-electron chi connectivity index (χ4n) is 3.14. The summed E-state index contributed by atoms with van der Waals surface area (Å²) in [6.07, 6.45) is 8.34. The Hall–Kier alpha value is -2.42. The van der Waals surface area contributed by atoms with E-state index in [2.05, 4.69) is 30.2 Å². The van der Waals surface area contributed by atoms with Crippen LogP contribution in [0.4, 0.5) is 0 Å². The number of nitrogens with one attached hydrogen (secondary N) is 1. The van der Waals surface area contributed by atoms with Crippen molar-refractivity contribution in [2.75, 3.05) is 45.9 Å². The van der Waals surface area contributed by atoms with Crippen molar-refractivity contribution in [1.82, 2.24) is 29.9 Å². The third-order valence-electron chi connectivity index (χ3n) is 4.64. The topological polar surface area (TPSA) is 87.9 Å². The molecule has 1 saturated heterocycles. The first kappa shape index (κ1) is 19.3. The van der Waals surface area contributed by atoms with Crippen LogP contribution in [0.15, 0.2) is 28.3 Å². The van der Waals surface area contributed by atoms with Gasteiger partial charge in [-0.3, -0.25) is 4.90 Å². The van der Waals surface area contributed by atoms with Gasteiger partial charge in [0, 0.05) is 38.9 Å². The van der Waals surface area contributed by atoms with Gasteiger partial charge in [0.15, 0.2) is 5.96 Å². The molecule has 3 rings (SSSR count). The van der Waals surface area contributed by atoms with Gasteiger partial charge < -0.3 is 15.0 Å². The summed E-state index contributed by atoms with van der Waals surface area (Å²) in [7, 11) is 0. The lowest BCUT2D eigenvalue weighted by atomic mass is 10.2. The fraction of sp³-hybridized carbons (Fsp3) is 0.667. The van der Waals surface area contributed by atoms with E-state index in [0.29, 0.717) is 19.0 Å². The van der Waals surface area contributed by atoms with Gasteiger partial charge in [0.05, 0.1) is 13.2 Å². The molecule has 148 valence electrons. The Kier molecular flexibility index (Phi) is 7.20. The summed E-state index contributed by atoms with van der Waals surface area (Å²) in [5.74, 6) is 1.31. The van der Waals surface area contributed by atoms with Crippen LogP contribution >= 0.6 is 0 Å². The zero-order chi connectivity index (χ0) is 18.9. The minimum Gasteiger partial charge on any atom is -0.476 e. The fourth-order valence-corrected chi connectivity index (χ4v) is 3.14. The largest absolute Gasteiger partial charge is 0.476 e. The molecule has 0 atom stereocenters. The Morgan fingerprint density at radius 2 is 2.04 bits per heavy atom. The Balaban J connectivity index is 1.29. The van der Waals surface area contributed by atoms with Crippen molar-refractivity contribution in [3.63, 3.8) is 0 Å². The highest BCUT2D eigenvalue weighted by Gasteiger charge is 2.19. The molecule has 1 N–H and O–H groups in total. The zero-order valence-electron chi connectivity index (χ0n) is 16.0. The average molecular weight is 375 g/mol. The average Bonchev–Trinajstić information content (AvgIpc) is 2.71. The van der Waals surface area contributed by atoms with Gasteiger partial charge >= 0.3 is 5.69 Å². The van der Waals surface area contributed by atoms with Gasteiger partial charge in [0.1, 0.15) is 6.20 Å². The quantitative estimate of drug-likeness (QED) is 0.654. The number of hydrogen-bond acceptors (Lipinski definition) is 8. The monoisotopic (exact) mass is 375 g/mol. The highest BCUT2D eigenvalue weighted by Crippen LogP contribution is 2.06. The third-order valence-corrected chi connectivity index (χ3v) is 4.64. The number of aromatic nitrogens is 3. The van der Waals surface area contributed by atoms with E-state index < -0.39 is 0 Å². The maximum absolute atomic E-state index is 11.7. The number of piperazine rings is 1. The number of guanidine groups is 1. The summed E-state index contributed by atoms with van der Waals surface area (Å²) in [6, 6.07) is 0. The summed E-state index contributed by atoms with van der Waals surface area (Å²) in [6.45, 7) is 9.05. The molecule has 2 aliphatic rings. The van der Waals surface area contributed by atoms with Crippen molar-refractivity contribution in [3.05, 3.63) is 29.0 Å². The van der Waals surface area contributed by atoms with E-state index in [-0.39, 0.29) is 5.69 Å². The molecule has 2 aliphatic heterocycles. The van der Waals surface area contributed by atoms with Crippen molar-refractivity contribution in [2.45, 2.75) is 32.7 Å². The van der Waals surface area contributed by atoms with Crippen molar-refractivity contribution < 1.29 is 4.74 Å². The molecule has 0 saturated carbocycles. The van der Waals surface area contributed by atoms with Crippen LogP contribution < -0.4 is 15.7 Å². The summed E-state index contributed by atoms with van der Waals surface area (Å²) >= 11 is 0. The predicted octanol–water partition coefficient (Wildman–Crippen LogP) is 0.298. The van der Waals surface area contributed by atoms with Gasteiger partial charge in [-0.05, 0) is 31.9 Å². The van der Waals surface area contributed by atoms with Crippen molar-refractivity contribution in [3.8, 4) is 5.88 Å². The molecule has 3 heterocycles. The van der Waals surface area contributed by atoms with Crippen LogP contribution in [0.1, 0.15) is 26.2 Å². The van der Waals surface area contributed by atoms with Gasteiger partial charge in [-0.15, -0.1) is 0 Å². The lowest BCUT2D eigenvalue weighted by molar-refractivity contribution is 0.173. The molecule has 1 aromatic rings. The minimum atomic E-state index is -0.347. The molecule has 0 amide bonds. The van der Waals surface area contributed by atoms with Crippen molar-refractivity contribution >= 4 is 5.96 Å². The highest BCUT2D eigenvalue weighted by molar-refractivity contribution is 5.81. The Morgan fingerprint density at radius 3 is 2.74 bits per heavy atom. The molecule has 0 unspecified atom stereocenters. The Labute approximate surface area is 159 Å². The Morgan fingerprint density at radius 1 is 1.19 bits per heavy atom. The molecule has 27 heavy (non-hydrogen) atoms. The molecule has 1 fully saturated rings. The first-order valence-corrected chi connectivity index (χ1v) is 9.76. The van der Waals surface area contributed by atoms with Crippen LogP contribution in [-0.4, -0.2) is 76.4 Å². The van der Waals surface area contributed by atoms with E-state index in [1.54, 1.807) is 0 Å². The van der Waals surface area contributed by atoms with E-state index in [0.717, 1.165) is 64.5 Å². The number of rotatable bonds is 8. The van der Waals surface area contributed by atoms with Gasteiger partial charge in [-0.25, -0.2) is 14.5 Å². The van der Waals surface area contributed by atoms with Crippen molar-refractivity contribution in [2.24, 2.45) is 4.99 Å². The number of unbranched alkanes of at least 4 members (excludes halogenated alkanes) is 1. The van der Waals surface area contributed by atoms with E-state index in [4.69, 9.17) is 4.74 Å². The Bertz CT molecular complexity index is 708. The van der Waals surface area contributed by atoms with E-state index in [9.17, 15) is 4.79 Å². The van der Waals surface area contributed by atoms with Crippen LogP contribution in [0.25, 0.3) is 0 Å². The highest BCUT2D eigenvalue weighted by atomic mass is 16.5. The number of hydrogen-bond donors (Lipinski definition) is 1. The molecular weight excluding hydrogens is 346 g/mol.